The van der Waals surface area contributed by atoms with Gasteiger partial charge in [0.25, 0.3) is 0 Å². The number of carbonyl (C=O) groups is 1. The zero-order chi connectivity index (χ0) is 14.3. The fourth-order valence-electron chi connectivity index (χ4n) is 1.67. The summed E-state index contributed by atoms with van der Waals surface area (Å²) < 4.78 is 5.45. The third-order valence-electron chi connectivity index (χ3n) is 2.69. The topological polar surface area (TPSA) is 70.0 Å². The summed E-state index contributed by atoms with van der Waals surface area (Å²) in [5.74, 6) is 0.547. The molecular weight excluding hydrogens is 246 g/mol. The molecular formula is C14H21NO4. The SMILES string of the molecule is CC(=O)c1cccc(OC[C@H](O)CN(C)CCO)c1. The molecule has 1 aromatic carbocycles. The highest BCUT2D eigenvalue weighted by atomic mass is 16.5. The molecule has 0 spiro atoms. The first kappa shape index (κ1) is 15.6. The van der Waals surface area contributed by atoms with Crippen molar-refractivity contribution in [1.82, 2.24) is 4.90 Å². The normalized spacial score (nSPS) is 12.5. The number of ketones is 1. The minimum absolute atomic E-state index is 0.0197. The number of hydrogen-bond acceptors (Lipinski definition) is 5. The van der Waals surface area contributed by atoms with Crippen LogP contribution in [0.5, 0.6) is 5.75 Å². The van der Waals surface area contributed by atoms with Crippen LogP contribution in [-0.2, 0) is 0 Å². The van der Waals surface area contributed by atoms with Crippen LogP contribution in [0, 0.1) is 0 Å². The second-order valence-electron chi connectivity index (χ2n) is 4.53. The Labute approximate surface area is 113 Å². The molecule has 1 atom stereocenters. The molecule has 0 fully saturated rings. The number of benzene rings is 1. The maximum absolute atomic E-state index is 11.2. The van der Waals surface area contributed by atoms with E-state index in [2.05, 4.69) is 0 Å². The predicted molar refractivity (Wildman–Crippen MR) is 72.5 cm³/mol. The molecule has 0 aliphatic rings. The molecule has 0 aliphatic carbocycles. The van der Waals surface area contributed by atoms with Gasteiger partial charge in [-0.2, -0.15) is 0 Å². The van der Waals surface area contributed by atoms with Crippen LogP contribution in [0.4, 0.5) is 0 Å². The van der Waals surface area contributed by atoms with Crippen molar-refractivity contribution in [3.8, 4) is 5.75 Å². The maximum atomic E-state index is 11.2. The van der Waals surface area contributed by atoms with Gasteiger partial charge in [-0.05, 0) is 26.1 Å². The summed E-state index contributed by atoms with van der Waals surface area (Å²) in [5, 5.41) is 18.5. The van der Waals surface area contributed by atoms with Crippen LogP contribution in [0.3, 0.4) is 0 Å². The molecule has 0 unspecified atom stereocenters. The largest absolute Gasteiger partial charge is 0.491 e. The number of aliphatic hydroxyl groups is 2. The Hall–Kier alpha value is -1.43. The number of hydrogen-bond donors (Lipinski definition) is 2. The molecule has 5 nitrogen and oxygen atoms in total. The Morgan fingerprint density at radius 1 is 1.47 bits per heavy atom. The van der Waals surface area contributed by atoms with E-state index in [1.807, 2.05) is 11.9 Å². The number of ether oxygens (including phenoxy) is 1. The minimum Gasteiger partial charge on any atom is -0.491 e. The third-order valence-corrected chi connectivity index (χ3v) is 2.69. The minimum atomic E-state index is -0.641. The van der Waals surface area contributed by atoms with Gasteiger partial charge in [-0.1, -0.05) is 12.1 Å². The number of aliphatic hydroxyl groups excluding tert-OH is 2. The Morgan fingerprint density at radius 3 is 2.84 bits per heavy atom. The van der Waals surface area contributed by atoms with Crippen LogP contribution < -0.4 is 4.74 Å². The van der Waals surface area contributed by atoms with Crippen molar-refractivity contribution in [1.29, 1.82) is 0 Å². The van der Waals surface area contributed by atoms with E-state index in [0.717, 1.165) is 0 Å². The van der Waals surface area contributed by atoms with Gasteiger partial charge in [0.15, 0.2) is 5.78 Å². The predicted octanol–water partition coefficient (Wildman–Crippen LogP) is 0.553. The molecule has 0 aromatic heterocycles. The molecule has 0 saturated heterocycles. The smallest absolute Gasteiger partial charge is 0.159 e. The maximum Gasteiger partial charge on any atom is 0.159 e. The average Bonchev–Trinajstić information content (AvgIpc) is 2.37. The molecule has 19 heavy (non-hydrogen) atoms. The van der Waals surface area contributed by atoms with E-state index in [-0.39, 0.29) is 19.0 Å². The fourth-order valence-corrected chi connectivity index (χ4v) is 1.67. The molecule has 0 saturated carbocycles. The molecule has 0 amide bonds. The van der Waals surface area contributed by atoms with Crippen molar-refractivity contribution >= 4 is 5.78 Å². The van der Waals surface area contributed by atoms with Crippen LogP contribution in [0.25, 0.3) is 0 Å². The van der Waals surface area contributed by atoms with Gasteiger partial charge >= 0.3 is 0 Å². The first-order valence-electron chi connectivity index (χ1n) is 6.24. The van der Waals surface area contributed by atoms with Crippen LogP contribution >= 0.6 is 0 Å². The second kappa shape index (κ2) is 7.89. The summed E-state index contributed by atoms with van der Waals surface area (Å²) in [7, 11) is 1.82. The monoisotopic (exact) mass is 267 g/mol. The van der Waals surface area contributed by atoms with Gasteiger partial charge in [-0.25, -0.2) is 0 Å². The van der Waals surface area contributed by atoms with Crippen LogP contribution in [-0.4, -0.2) is 60.4 Å². The van der Waals surface area contributed by atoms with E-state index in [9.17, 15) is 9.90 Å². The van der Waals surface area contributed by atoms with Crippen molar-refractivity contribution in [3.05, 3.63) is 29.8 Å². The van der Waals surface area contributed by atoms with E-state index in [4.69, 9.17) is 9.84 Å². The Balaban J connectivity index is 2.43. The van der Waals surface area contributed by atoms with Crippen LogP contribution in [0.1, 0.15) is 17.3 Å². The van der Waals surface area contributed by atoms with Gasteiger partial charge in [-0.15, -0.1) is 0 Å². The molecule has 0 bridgehead atoms. The summed E-state index contributed by atoms with van der Waals surface area (Å²) in [6, 6.07) is 6.88. The van der Waals surface area contributed by atoms with Gasteiger partial charge in [0.1, 0.15) is 18.5 Å². The third kappa shape index (κ3) is 5.83. The number of Topliss-reactive ketones (excluding diaryl/α,β-unsaturated/α-hetero) is 1. The Kier molecular flexibility index (Phi) is 6.49. The van der Waals surface area contributed by atoms with Gasteiger partial charge < -0.3 is 19.8 Å². The average molecular weight is 267 g/mol. The molecule has 2 N–H and O–H groups in total. The highest BCUT2D eigenvalue weighted by Gasteiger charge is 2.09. The molecule has 0 aliphatic heterocycles. The number of nitrogens with zero attached hydrogens (tertiary/aromatic N) is 1. The van der Waals surface area contributed by atoms with Crippen molar-refractivity contribution in [2.24, 2.45) is 0 Å². The zero-order valence-electron chi connectivity index (χ0n) is 11.4. The lowest BCUT2D eigenvalue weighted by atomic mass is 10.1. The number of rotatable bonds is 8. The molecule has 5 heteroatoms. The van der Waals surface area contributed by atoms with E-state index in [0.29, 0.717) is 24.4 Å². The molecule has 0 heterocycles. The van der Waals surface area contributed by atoms with Gasteiger partial charge in [-0.3, -0.25) is 4.79 Å². The highest BCUT2D eigenvalue weighted by Crippen LogP contribution is 2.14. The Morgan fingerprint density at radius 2 is 2.21 bits per heavy atom. The van der Waals surface area contributed by atoms with Gasteiger partial charge in [0.2, 0.25) is 0 Å². The zero-order valence-corrected chi connectivity index (χ0v) is 11.4. The fraction of sp³-hybridized carbons (Fsp3) is 0.500. The van der Waals surface area contributed by atoms with E-state index >= 15 is 0 Å². The van der Waals surface area contributed by atoms with Crippen molar-refractivity contribution in [2.75, 3.05) is 33.4 Å². The quantitative estimate of drug-likeness (QED) is 0.673. The molecule has 0 radical (unpaired) electrons. The lowest BCUT2D eigenvalue weighted by molar-refractivity contribution is 0.0710. The van der Waals surface area contributed by atoms with Gasteiger partial charge in [0, 0.05) is 18.7 Å². The molecule has 106 valence electrons. The second-order valence-corrected chi connectivity index (χ2v) is 4.53. The standard InChI is InChI=1S/C14H21NO4/c1-11(17)12-4-3-5-14(8-12)19-10-13(18)9-15(2)6-7-16/h3-5,8,13,16,18H,6-7,9-10H2,1-2H3/t13-/m1/s1. The molecule has 1 rings (SSSR count). The summed E-state index contributed by atoms with van der Waals surface area (Å²) in [6.07, 6.45) is -0.641. The summed E-state index contributed by atoms with van der Waals surface area (Å²) in [4.78, 5) is 13.0. The first-order valence-corrected chi connectivity index (χ1v) is 6.24. The highest BCUT2D eigenvalue weighted by molar-refractivity contribution is 5.94. The van der Waals surface area contributed by atoms with Crippen molar-refractivity contribution in [2.45, 2.75) is 13.0 Å². The van der Waals surface area contributed by atoms with E-state index in [1.54, 1.807) is 24.3 Å². The van der Waals surface area contributed by atoms with Crippen LogP contribution in [0.2, 0.25) is 0 Å². The summed E-state index contributed by atoms with van der Waals surface area (Å²) in [5.41, 5.74) is 0.587. The summed E-state index contributed by atoms with van der Waals surface area (Å²) >= 11 is 0. The van der Waals surface area contributed by atoms with Crippen LogP contribution in [0.15, 0.2) is 24.3 Å². The lowest BCUT2D eigenvalue weighted by Gasteiger charge is -2.19. The first-order chi connectivity index (χ1) is 9.02. The number of carbonyl (C=O) groups excluding carboxylic acids is 1. The van der Waals surface area contributed by atoms with E-state index in [1.165, 1.54) is 6.92 Å². The van der Waals surface area contributed by atoms with E-state index < -0.39 is 6.10 Å². The lowest BCUT2D eigenvalue weighted by Crippen LogP contribution is -2.34. The van der Waals surface area contributed by atoms with Crippen molar-refractivity contribution in [3.63, 3.8) is 0 Å². The van der Waals surface area contributed by atoms with Crippen molar-refractivity contribution < 1.29 is 19.7 Å². The number of likely N-dealkylation sites (N-methyl/N-ethyl adjacent to an activating group) is 1. The molecule has 1 aromatic rings. The van der Waals surface area contributed by atoms with Gasteiger partial charge in [0.05, 0.1) is 6.61 Å². The summed E-state index contributed by atoms with van der Waals surface area (Å²) in [6.45, 7) is 2.64. The Bertz CT molecular complexity index is 408.